The van der Waals surface area contributed by atoms with Gasteiger partial charge >= 0.3 is 6.18 Å². The Bertz CT molecular complexity index is 387. The summed E-state index contributed by atoms with van der Waals surface area (Å²) in [6.07, 6.45) is -2.75. The standard InChI is InChI=1S/C13H16F3NO/c14-13(15,16)11(10-4-2-1-3-5-10)17-8-12(9-18)6-7-12/h1-5,11,17-18H,6-9H2. The van der Waals surface area contributed by atoms with E-state index in [1.165, 1.54) is 12.1 Å². The molecule has 0 heterocycles. The zero-order valence-electron chi connectivity index (χ0n) is 9.87. The number of aliphatic hydroxyl groups excluding tert-OH is 1. The predicted octanol–water partition coefficient (Wildman–Crippen LogP) is 2.65. The molecule has 18 heavy (non-hydrogen) atoms. The average molecular weight is 259 g/mol. The molecule has 1 fully saturated rings. The van der Waals surface area contributed by atoms with Crippen molar-refractivity contribution in [3.05, 3.63) is 35.9 Å². The minimum Gasteiger partial charge on any atom is -0.396 e. The Kier molecular flexibility index (Phi) is 3.64. The fourth-order valence-corrected chi connectivity index (χ4v) is 1.95. The topological polar surface area (TPSA) is 32.3 Å². The van der Waals surface area contributed by atoms with E-state index in [4.69, 9.17) is 5.11 Å². The van der Waals surface area contributed by atoms with Gasteiger partial charge in [0.1, 0.15) is 6.04 Å². The van der Waals surface area contributed by atoms with Gasteiger partial charge in [0.15, 0.2) is 0 Å². The van der Waals surface area contributed by atoms with E-state index in [1.807, 2.05) is 0 Å². The fraction of sp³-hybridized carbons (Fsp3) is 0.538. The van der Waals surface area contributed by atoms with Gasteiger partial charge in [-0.15, -0.1) is 0 Å². The van der Waals surface area contributed by atoms with Crippen molar-refractivity contribution in [1.29, 1.82) is 0 Å². The molecule has 1 aliphatic rings. The average Bonchev–Trinajstić information content (AvgIpc) is 3.10. The smallest absolute Gasteiger partial charge is 0.396 e. The van der Waals surface area contributed by atoms with E-state index in [-0.39, 0.29) is 24.1 Å². The van der Waals surface area contributed by atoms with Crippen LogP contribution in [0.3, 0.4) is 0 Å². The largest absolute Gasteiger partial charge is 0.407 e. The molecule has 2 N–H and O–H groups in total. The minimum absolute atomic E-state index is 0.0562. The molecule has 1 unspecified atom stereocenters. The summed E-state index contributed by atoms with van der Waals surface area (Å²) in [6, 6.07) is 6.13. The Morgan fingerprint density at radius 3 is 2.28 bits per heavy atom. The molecule has 100 valence electrons. The van der Waals surface area contributed by atoms with Crippen LogP contribution in [0, 0.1) is 5.41 Å². The van der Waals surface area contributed by atoms with E-state index >= 15 is 0 Å². The Balaban J connectivity index is 2.07. The van der Waals surface area contributed by atoms with E-state index in [2.05, 4.69) is 5.32 Å². The monoisotopic (exact) mass is 259 g/mol. The number of halogens is 3. The fourth-order valence-electron chi connectivity index (χ4n) is 1.95. The summed E-state index contributed by atoms with van der Waals surface area (Å²) in [7, 11) is 0. The SMILES string of the molecule is OCC1(CNC(c2ccccc2)C(F)(F)F)CC1. The normalized spacial score (nSPS) is 19.6. The summed E-state index contributed by atoms with van der Waals surface area (Å²) < 4.78 is 38.9. The molecule has 0 spiro atoms. The first-order valence-corrected chi connectivity index (χ1v) is 5.93. The van der Waals surface area contributed by atoms with Crippen LogP contribution in [0.1, 0.15) is 24.4 Å². The van der Waals surface area contributed by atoms with E-state index in [1.54, 1.807) is 18.2 Å². The van der Waals surface area contributed by atoms with Crippen LogP contribution in [0.2, 0.25) is 0 Å². The van der Waals surface area contributed by atoms with Gasteiger partial charge in [-0.25, -0.2) is 0 Å². The van der Waals surface area contributed by atoms with Crippen LogP contribution in [-0.4, -0.2) is 24.4 Å². The molecule has 1 aliphatic carbocycles. The maximum Gasteiger partial charge on any atom is 0.407 e. The molecule has 0 radical (unpaired) electrons. The van der Waals surface area contributed by atoms with Crippen LogP contribution in [0.4, 0.5) is 13.2 Å². The summed E-state index contributed by atoms with van der Waals surface area (Å²) in [5, 5.41) is 11.7. The number of hydrogen-bond acceptors (Lipinski definition) is 2. The lowest BCUT2D eigenvalue weighted by atomic mass is 10.0. The summed E-state index contributed by atoms with van der Waals surface area (Å²) in [5.74, 6) is 0. The quantitative estimate of drug-likeness (QED) is 0.852. The van der Waals surface area contributed by atoms with E-state index in [0.29, 0.717) is 0 Å². The van der Waals surface area contributed by atoms with Gasteiger partial charge in [0.2, 0.25) is 0 Å². The molecule has 1 aromatic rings. The zero-order valence-corrected chi connectivity index (χ0v) is 9.87. The van der Waals surface area contributed by atoms with Crippen molar-refractivity contribution < 1.29 is 18.3 Å². The van der Waals surface area contributed by atoms with Gasteiger partial charge in [-0.3, -0.25) is 0 Å². The van der Waals surface area contributed by atoms with Gasteiger partial charge in [-0.1, -0.05) is 30.3 Å². The number of rotatable bonds is 5. The number of hydrogen-bond donors (Lipinski definition) is 2. The third kappa shape index (κ3) is 3.03. The third-order valence-electron chi connectivity index (χ3n) is 3.43. The second-order valence-corrected chi connectivity index (χ2v) is 4.92. The Morgan fingerprint density at radius 1 is 1.22 bits per heavy atom. The van der Waals surface area contributed by atoms with E-state index < -0.39 is 12.2 Å². The first-order valence-electron chi connectivity index (χ1n) is 5.93. The first-order chi connectivity index (χ1) is 8.47. The minimum atomic E-state index is -4.33. The molecule has 1 atom stereocenters. The molecule has 1 saturated carbocycles. The van der Waals surface area contributed by atoms with Crippen molar-refractivity contribution in [2.45, 2.75) is 25.1 Å². The summed E-state index contributed by atoms with van der Waals surface area (Å²) in [4.78, 5) is 0. The van der Waals surface area contributed by atoms with Crippen molar-refractivity contribution in [3.8, 4) is 0 Å². The van der Waals surface area contributed by atoms with Crippen LogP contribution in [0.25, 0.3) is 0 Å². The number of nitrogens with one attached hydrogen (secondary N) is 1. The van der Waals surface area contributed by atoms with Crippen molar-refractivity contribution >= 4 is 0 Å². The summed E-state index contributed by atoms with van der Waals surface area (Å²) in [5.41, 5.74) is -0.128. The number of benzene rings is 1. The molecule has 0 saturated heterocycles. The maximum atomic E-state index is 13.0. The molecule has 0 bridgehead atoms. The Morgan fingerprint density at radius 2 is 1.83 bits per heavy atom. The summed E-state index contributed by atoms with van der Waals surface area (Å²) >= 11 is 0. The number of aliphatic hydroxyl groups is 1. The molecular formula is C13H16F3NO. The molecule has 0 amide bonds. The van der Waals surface area contributed by atoms with E-state index in [9.17, 15) is 13.2 Å². The van der Waals surface area contributed by atoms with Crippen LogP contribution in [0.5, 0.6) is 0 Å². The highest BCUT2D eigenvalue weighted by Gasteiger charge is 2.46. The van der Waals surface area contributed by atoms with Crippen molar-refractivity contribution in [2.24, 2.45) is 5.41 Å². The van der Waals surface area contributed by atoms with Crippen LogP contribution in [-0.2, 0) is 0 Å². The lowest BCUT2D eigenvalue weighted by molar-refractivity contribution is -0.158. The van der Waals surface area contributed by atoms with Crippen molar-refractivity contribution in [2.75, 3.05) is 13.2 Å². The molecule has 2 rings (SSSR count). The highest BCUT2D eigenvalue weighted by atomic mass is 19.4. The van der Waals surface area contributed by atoms with Gasteiger partial charge < -0.3 is 10.4 Å². The Labute approximate surface area is 104 Å². The maximum absolute atomic E-state index is 13.0. The highest BCUT2D eigenvalue weighted by Crippen LogP contribution is 2.45. The highest BCUT2D eigenvalue weighted by molar-refractivity contribution is 5.20. The lowest BCUT2D eigenvalue weighted by Gasteiger charge is -2.24. The van der Waals surface area contributed by atoms with Crippen LogP contribution >= 0.6 is 0 Å². The van der Waals surface area contributed by atoms with Gasteiger partial charge in [-0.2, -0.15) is 13.2 Å². The molecule has 0 aliphatic heterocycles. The molecule has 0 aromatic heterocycles. The van der Waals surface area contributed by atoms with Crippen molar-refractivity contribution in [3.63, 3.8) is 0 Å². The van der Waals surface area contributed by atoms with Gasteiger partial charge in [0, 0.05) is 18.6 Å². The lowest BCUT2D eigenvalue weighted by Crippen LogP contribution is -2.38. The summed E-state index contributed by atoms with van der Waals surface area (Å²) in [6.45, 7) is 0.141. The molecular weight excluding hydrogens is 243 g/mol. The van der Waals surface area contributed by atoms with Crippen LogP contribution in [0.15, 0.2) is 30.3 Å². The molecule has 2 nitrogen and oxygen atoms in total. The van der Waals surface area contributed by atoms with Crippen molar-refractivity contribution in [1.82, 2.24) is 5.32 Å². The van der Waals surface area contributed by atoms with Gasteiger partial charge in [-0.05, 0) is 18.4 Å². The van der Waals surface area contributed by atoms with Gasteiger partial charge in [0.25, 0.3) is 0 Å². The predicted molar refractivity (Wildman–Crippen MR) is 62.0 cm³/mol. The number of alkyl halides is 3. The van der Waals surface area contributed by atoms with Gasteiger partial charge in [0.05, 0.1) is 0 Å². The third-order valence-corrected chi connectivity index (χ3v) is 3.43. The first kappa shape index (κ1) is 13.4. The second kappa shape index (κ2) is 4.90. The Hall–Kier alpha value is -1.07. The second-order valence-electron chi connectivity index (χ2n) is 4.92. The van der Waals surface area contributed by atoms with E-state index in [0.717, 1.165) is 12.8 Å². The molecule has 5 heteroatoms. The molecule has 1 aromatic carbocycles. The van der Waals surface area contributed by atoms with Crippen LogP contribution < -0.4 is 5.32 Å². The zero-order chi connectivity index (χ0) is 13.2.